The summed E-state index contributed by atoms with van der Waals surface area (Å²) in [7, 11) is 0. The summed E-state index contributed by atoms with van der Waals surface area (Å²) in [6.45, 7) is 9.00. The second-order valence-corrected chi connectivity index (χ2v) is 9.20. The summed E-state index contributed by atoms with van der Waals surface area (Å²) < 4.78 is 7.29. The standard InChI is InChI=1S/C25H29BrO/c1-15-14-23-18(4)24(16(2)17(3)25(23)27-15)21-7-5-6-19(8-9-21)20-10-12-22(26)13-11-20/h7,10-13,15,19H,5-6,8-9,14H2,1-4H3. The van der Waals surface area contributed by atoms with Gasteiger partial charge in [0.1, 0.15) is 11.9 Å². The van der Waals surface area contributed by atoms with Gasteiger partial charge in [-0.15, -0.1) is 0 Å². The minimum absolute atomic E-state index is 0.303. The van der Waals surface area contributed by atoms with Gasteiger partial charge in [-0.1, -0.05) is 34.1 Å². The van der Waals surface area contributed by atoms with Crippen LogP contribution in [0.4, 0.5) is 0 Å². The number of benzene rings is 2. The van der Waals surface area contributed by atoms with E-state index in [4.69, 9.17) is 4.74 Å². The van der Waals surface area contributed by atoms with Crippen LogP contribution in [0.3, 0.4) is 0 Å². The van der Waals surface area contributed by atoms with Gasteiger partial charge in [0.05, 0.1) is 0 Å². The number of halogens is 1. The molecule has 0 amide bonds. The Morgan fingerprint density at radius 2 is 1.70 bits per heavy atom. The Kier molecular flexibility index (Phi) is 5.20. The lowest BCUT2D eigenvalue weighted by atomic mass is 9.85. The summed E-state index contributed by atoms with van der Waals surface area (Å²) in [4.78, 5) is 0. The maximum atomic E-state index is 6.13. The molecule has 0 aromatic heterocycles. The Balaban J connectivity index is 1.63. The summed E-state index contributed by atoms with van der Waals surface area (Å²) in [5, 5.41) is 0. The van der Waals surface area contributed by atoms with E-state index >= 15 is 0 Å². The number of hydrogen-bond acceptors (Lipinski definition) is 1. The minimum atomic E-state index is 0.303. The minimum Gasteiger partial charge on any atom is -0.490 e. The largest absolute Gasteiger partial charge is 0.490 e. The highest BCUT2D eigenvalue weighted by Gasteiger charge is 2.28. The van der Waals surface area contributed by atoms with Crippen molar-refractivity contribution in [3.63, 3.8) is 0 Å². The summed E-state index contributed by atoms with van der Waals surface area (Å²) in [5.74, 6) is 1.81. The van der Waals surface area contributed by atoms with Crippen LogP contribution in [-0.2, 0) is 6.42 Å². The second kappa shape index (κ2) is 7.47. The molecule has 1 nitrogen and oxygen atoms in total. The molecule has 2 heteroatoms. The first-order valence-corrected chi connectivity index (χ1v) is 11.0. The average molecular weight is 425 g/mol. The van der Waals surface area contributed by atoms with Crippen molar-refractivity contribution in [3.05, 3.63) is 68.2 Å². The van der Waals surface area contributed by atoms with Crippen LogP contribution in [0, 0.1) is 20.8 Å². The monoisotopic (exact) mass is 424 g/mol. The molecule has 2 unspecified atom stereocenters. The van der Waals surface area contributed by atoms with Gasteiger partial charge in [-0.2, -0.15) is 0 Å². The fourth-order valence-corrected chi connectivity index (χ4v) is 5.20. The summed E-state index contributed by atoms with van der Waals surface area (Å²) in [5.41, 5.74) is 10.2. The third kappa shape index (κ3) is 3.49. The molecule has 2 atom stereocenters. The SMILES string of the molecule is Cc1c(C)c(C2=CCCC(c3ccc(Br)cc3)CC2)c(C)c2c1OC(C)C2. The quantitative estimate of drug-likeness (QED) is 0.486. The number of hydrogen-bond donors (Lipinski definition) is 0. The predicted molar refractivity (Wildman–Crippen MR) is 118 cm³/mol. The van der Waals surface area contributed by atoms with Crippen molar-refractivity contribution in [2.75, 3.05) is 0 Å². The van der Waals surface area contributed by atoms with E-state index in [1.54, 1.807) is 5.57 Å². The Labute approximate surface area is 172 Å². The van der Waals surface area contributed by atoms with Crippen LogP contribution >= 0.6 is 15.9 Å². The Bertz CT molecular complexity index is 892. The molecule has 0 spiro atoms. The molecule has 0 fully saturated rings. The second-order valence-electron chi connectivity index (χ2n) is 8.28. The number of fused-ring (bicyclic) bond motifs is 1. The van der Waals surface area contributed by atoms with Gasteiger partial charge in [0.2, 0.25) is 0 Å². The lowest BCUT2D eigenvalue weighted by molar-refractivity contribution is 0.253. The molecule has 0 saturated heterocycles. The predicted octanol–water partition coefficient (Wildman–Crippen LogP) is 7.44. The van der Waals surface area contributed by atoms with Crippen molar-refractivity contribution in [2.24, 2.45) is 0 Å². The van der Waals surface area contributed by atoms with E-state index in [9.17, 15) is 0 Å². The summed E-state index contributed by atoms with van der Waals surface area (Å²) in [6.07, 6.45) is 8.66. The fourth-order valence-electron chi connectivity index (χ4n) is 4.93. The number of rotatable bonds is 2. The average Bonchev–Trinajstić information content (AvgIpc) is 2.89. The zero-order valence-corrected chi connectivity index (χ0v) is 18.4. The molecule has 2 aliphatic rings. The Morgan fingerprint density at radius 1 is 0.963 bits per heavy atom. The molecule has 0 saturated carbocycles. The van der Waals surface area contributed by atoms with Crippen molar-refractivity contribution in [2.45, 2.75) is 71.8 Å². The first-order chi connectivity index (χ1) is 13.0. The molecule has 1 aliphatic carbocycles. The van der Waals surface area contributed by atoms with Crippen molar-refractivity contribution in [3.8, 4) is 5.75 Å². The zero-order chi connectivity index (χ0) is 19.1. The van der Waals surface area contributed by atoms with E-state index in [2.05, 4.69) is 74.0 Å². The highest BCUT2D eigenvalue weighted by molar-refractivity contribution is 9.10. The molecule has 27 heavy (non-hydrogen) atoms. The lowest BCUT2D eigenvalue weighted by Crippen LogP contribution is -2.05. The van der Waals surface area contributed by atoms with Gasteiger partial charge >= 0.3 is 0 Å². The third-order valence-electron chi connectivity index (χ3n) is 6.52. The molecular formula is C25H29BrO. The number of ether oxygens (including phenoxy) is 1. The van der Waals surface area contributed by atoms with E-state index in [1.165, 1.54) is 46.2 Å². The van der Waals surface area contributed by atoms with Crippen molar-refractivity contribution in [1.82, 2.24) is 0 Å². The van der Waals surface area contributed by atoms with E-state index in [0.29, 0.717) is 12.0 Å². The maximum absolute atomic E-state index is 6.13. The van der Waals surface area contributed by atoms with Gasteiger partial charge in [0.15, 0.2) is 0 Å². The van der Waals surface area contributed by atoms with Crippen LogP contribution in [0.5, 0.6) is 5.75 Å². The van der Waals surface area contributed by atoms with E-state index in [1.807, 2.05) is 0 Å². The summed E-state index contributed by atoms with van der Waals surface area (Å²) >= 11 is 3.56. The van der Waals surface area contributed by atoms with Crippen molar-refractivity contribution >= 4 is 21.5 Å². The fraction of sp³-hybridized carbons (Fsp3) is 0.440. The molecular weight excluding hydrogens is 396 g/mol. The van der Waals surface area contributed by atoms with E-state index in [-0.39, 0.29) is 0 Å². The van der Waals surface area contributed by atoms with Gasteiger partial charge in [0, 0.05) is 16.5 Å². The first kappa shape index (κ1) is 18.8. The molecule has 142 valence electrons. The smallest absolute Gasteiger partial charge is 0.126 e. The maximum Gasteiger partial charge on any atom is 0.126 e. The number of allylic oxidation sites excluding steroid dienone is 2. The topological polar surface area (TPSA) is 9.23 Å². The molecule has 0 N–H and O–H groups in total. The van der Waals surface area contributed by atoms with E-state index < -0.39 is 0 Å². The van der Waals surface area contributed by atoms with Crippen LogP contribution in [0.2, 0.25) is 0 Å². The van der Waals surface area contributed by atoms with Gasteiger partial charge in [-0.05, 0) is 105 Å². The lowest BCUT2D eigenvalue weighted by Gasteiger charge is -2.20. The van der Waals surface area contributed by atoms with Gasteiger partial charge < -0.3 is 4.74 Å². The van der Waals surface area contributed by atoms with Crippen LogP contribution in [0.15, 0.2) is 34.8 Å². The van der Waals surface area contributed by atoms with Crippen LogP contribution in [0.25, 0.3) is 5.57 Å². The normalized spacial score (nSPS) is 22.0. The van der Waals surface area contributed by atoms with Crippen LogP contribution in [0.1, 0.15) is 71.9 Å². The van der Waals surface area contributed by atoms with Crippen molar-refractivity contribution < 1.29 is 4.74 Å². The zero-order valence-electron chi connectivity index (χ0n) is 16.9. The van der Waals surface area contributed by atoms with Gasteiger partial charge in [-0.3, -0.25) is 0 Å². The van der Waals surface area contributed by atoms with Gasteiger partial charge in [0.25, 0.3) is 0 Å². The first-order valence-electron chi connectivity index (χ1n) is 10.2. The molecule has 0 bridgehead atoms. The van der Waals surface area contributed by atoms with Crippen LogP contribution < -0.4 is 4.74 Å². The molecule has 2 aromatic carbocycles. The highest BCUT2D eigenvalue weighted by Crippen LogP contribution is 2.44. The van der Waals surface area contributed by atoms with E-state index in [0.717, 1.165) is 29.5 Å². The Morgan fingerprint density at radius 3 is 2.44 bits per heavy atom. The molecule has 2 aromatic rings. The van der Waals surface area contributed by atoms with Crippen molar-refractivity contribution in [1.29, 1.82) is 0 Å². The Hall–Kier alpha value is -1.54. The van der Waals surface area contributed by atoms with Gasteiger partial charge in [-0.25, -0.2) is 0 Å². The summed E-state index contributed by atoms with van der Waals surface area (Å²) in [6, 6.07) is 8.92. The molecule has 1 heterocycles. The van der Waals surface area contributed by atoms with Crippen LogP contribution in [-0.4, -0.2) is 6.10 Å². The molecule has 0 radical (unpaired) electrons. The highest BCUT2D eigenvalue weighted by atomic mass is 79.9. The molecule has 4 rings (SSSR count). The molecule has 1 aliphatic heterocycles. The third-order valence-corrected chi connectivity index (χ3v) is 7.05.